The lowest BCUT2D eigenvalue weighted by molar-refractivity contribution is -0.138. The first-order valence-electron chi connectivity index (χ1n) is 21.0. The molecule has 9 nitrogen and oxygen atoms in total. The molecule has 0 saturated carbocycles. The third-order valence-corrected chi connectivity index (χ3v) is 13.3. The standard InChI is InChI=1S/C47H55N5O4/c53-40-12-17-43-36(30-40)10-15-42(33-5-2-1-3-6-33)45(43)34-8-13-41(14-9-34)56-28-27-49-23-25-51(26-24-49)46(54)35-18-21-50(22-19-35)38-11-16-44-37(29-38)32-52(47(44)55)39-7-4-20-48-31-39/h1-3,5-6,8-9,11-14,16-17,29-30,35,39,42,45,48,53H,4,7,10,15,18-28,31-32H2/t39?,42-,45+/m1/s1. The summed E-state index contributed by atoms with van der Waals surface area (Å²) in [5.41, 5.74) is 8.32. The number of fused-ring (bicyclic) bond motifs is 2. The molecule has 3 fully saturated rings. The maximum absolute atomic E-state index is 13.6. The predicted octanol–water partition coefficient (Wildman–Crippen LogP) is 6.40. The number of ether oxygens (including phenoxy) is 1. The number of piperidine rings is 2. The van der Waals surface area contributed by atoms with Crippen molar-refractivity contribution in [2.75, 3.05) is 70.4 Å². The highest BCUT2D eigenvalue weighted by Crippen LogP contribution is 2.47. The number of phenols is 1. The Balaban J connectivity index is 0.730. The predicted molar refractivity (Wildman–Crippen MR) is 220 cm³/mol. The number of nitrogens with zero attached hydrogens (tertiary/aromatic N) is 4. The molecule has 56 heavy (non-hydrogen) atoms. The molecule has 5 aliphatic rings. The summed E-state index contributed by atoms with van der Waals surface area (Å²) in [4.78, 5) is 35.7. The number of phenolic OH excluding ortho intramolecular Hbond substituents is 1. The number of anilines is 1. The van der Waals surface area contributed by atoms with Gasteiger partial charge in [-0.15, -0.1) is 0 Å². The zero-order chi connectivity index (χ0) is 38.0. The Hall–Kier alpha value is -4.86. The van der Waals surface area contributed by atoms with E-state index in [-0.39, 0.29) is 23.8 Å². The zero-order valence-electron chi connectivity index (χ0n) is 32.5. The van der Waals surface area contributed by atoms with Crippen molar-refractivity contribution in [1.82, 2.24) is 20.0 Å². The van der Waals surface area contributed by atoms with E-state index in [1.807, 2.05) is 18.2 Å². The molecule has 3 saturated heterocycles. The van der Waals surface area contributed by atoms with Gasteiger partial charge in [-0.1, -0.05) is 48.5 Å². The minimum absolute atomic E-state index is 0.0756. The molecular weight excluding hydrogens is 699 g/mol. The second-order valence-corrected chi connectivity index (χ2v) is 16.5. The Morgan fingerprint density at radius 3 is 2.38 bits per heavy atom. The van der Waals surface area contributed by atoms with Gasteiger partial charge in [-0.05, 0) is 121 Å². The summed E-state index contributed by atoms with van der Waals surface area (Å²) < 4.78 is 6.24. The van der Waals surface area contributed by atoms with Gasteiger partial charge in [0.05, 0.1) is 0 Å². The van der Waals surface area contributed by atoms with Crippen LogP contribution in [0.3, 0.4) is 0 Å². The van der Waals surface area contributed by atoms with Crippen molar-refractivity contribution in [3.63, 3.8) is 0 Å². The molecule has 0 bridgehead atoms. The molecule has 4 aliphatic heterocycles. The van der Waals surface area contributed by atoms with Gasteiger partial charge in [-0.3, -0.25) is 14.5 Å². The van der Waals surface area contributed by atoms with Gasteiger partial charge >= 0.3 is 0 Å². The number of aromatic hydroxyl groups is 1. The third-order valence-electron chi connectivity index (χ3n) is 13.3. The molecule has 4 heterocycles. The van der Waals surface area contributed by atoms with Crippen LogP contribution < -0.4 is 15.0 Å². The van der Waals surface area contributed by atoms with Crippen LogP contribution in [-0.2, 0) is 17.8 Å². The number of amides is 2. The molecule has 4 aromatic rings. The maximum atomic E-state index is 13.6. The molecule has 0 spiro atoms. The Morgan fingerprint density at radius 1 is 0.804 bits per heavy atom. The number of nitrogens with one attached hydrogen (secondary N) is 1. The number of rotatable bonds is 9. The van der Waals surface area contributed by atoms with Gasteiger partial charge in [0.25, 0.3) is 5.91 Å². The fraction of sp³-hybridized carbons (Fsp3) is 0.447. The van der Waals surface area contributed by atoms with Crippen molar-refractivity contribution in [2.24, 2.45) is 5.92 Å². The van der Waals surface area contributed by atoms with E-state index in [0.717, 1.165) is 114 Å². The summed E-state index contributed by atoms with van der Waals surface area (Å²) in [5, 5.41) is 13.6. The highest BCUT2D eigenvalue weighted by atomic mass is 16.5. The number of hydrogen-bond acceptors (Lipinski definition) is 7. The minimum atomic E-state index is 0.0756. The van der Waals surface area contributed by atoms with Crippen LogP contribution in [0.2, 0.25) is 0 Å². The van der Waals surface area contributed by atoms with Crippen LogP contribution in [0.15, 0.2) is 91.0 Å². The summed E-state index contributed by atoms with van der Waals surface area (Å²) >= 11 is 0. The van der Waals surface area contributed by atoms with Crippen LogP contribution >= 0.6 is 0 Å². The Kier molecular flexibility index (Phi) is 10.7. The lowest BCUT2D eigenvalue weighted by atomic mass is 9.69. The number of piperazine rings is 1. The van der Waals surface area contributed by atoms with Gasteiger partial charge in [0, 0.05) is 88.0 Å². The van der Waals surface area contributed by atoms with Gasteiger partial charge in [-0.2, -0.15) is 0 Å². The molecule has 0 aromatic heterocycles. The van der Waals surface area contributed by atoms with Crippen molar-refractivity contribution in [3.05, 3.63) is 124 Å². The van der Waals surface area contributed by atoms with Crippen molar-refractivity contribution >= 4 is 17.5 Å². The summed E-state index contributed by atoms with van der Waals surface area (Å²) in [5.74, 6) is 2.36. The summed E-state index contributed by atoms with van der Waals surface area (Å²) in [6.07, 6.45) is 5.93. The first-order valence-corrected chi connectivity index (χ1v) is 21.0. The lowest BCUT2D eigenvalue weighted by Gasteiger charge is -2.39. The number of benzene rings is 4. The highest BCUT2D eigenvalue weighted by molar-refractivity contribution is 5.99. The Labute approximate surface area is 331 Å². The number of carbonyl (C=O) groups is 2. The van der Waals surface area contributed by atoms with Crippen molar-refractivity contribution in [3.8, 4) is 11.5 Å². The normalized spacial score (nSPS) is 23.2. The fourth-order valence-electron chi connectivity index (χ4n) is 10.1. The molecule has 2 amide bonds. The quantitative estimate of drug-likeness (QED) is 0.205. The van der Waals surface area contributed by atoms with Crippen LogP contribution in [0.4, 0.5) is 5.69 Å². The van der Waals surface area contributed by atoms with Crippen molar-refractivity contribution < 1.29 is 19.4 Å². The molecule has 2 N–H and O–H groups in total. The van der Waals surface area contributed by atoms with Crippen molar-refractivity contribution in [1.29, 1.82) is 0 Å². The SMILES string of the molecule is O=C(C1CCN(c2ccc3c(c2)CN(C2CCCNC2)C3=O)CC1)N1CCN(CCOc2ccc([C@@H]3c4ccc(O)cc4CC[C@@H]3c3ccccc3)cc2)CC1. The average molecular weight is 754 g/mol. The van der Waals surface area contributed by atoms with Gasteiger partial charge in [0.2, 0.25) is 5.91 Å². The molecular formula is C47H55N5O4. The second kappa shape index (κ2) is 16.3. The second-order valence-electron chi connectivity index (χ2n) is 16.5. The van der Waals surface area contributed by atoms with E-state index in [9.17, 15) is 14.7 Å². The molecule has 1 aliphatic carbocycles. The molecule has 3 atom stereocenters. The van der Waals surface area contributed by atoms with Crippen molar-refractivity contribution in [2.45, 2.75) is 62.9 Å². The Morgan fingerprint density at radius 2 is 1.61 bits per heavy atom. The smallest absolute Gasteiger partial charge is 0.254 e. The van der Waals surface area contributed by atoms with Gasteiger partial charge < -0.3 is 29.9 Å². The van der Waals surface area contributed by atoms with Crippen LogP contribution in [0.5, 0.6) is 11.5 Å². The number of aryl methyl sites for hydroxylation is 1. The highest BCUT2D eigenvalue weighted by Gasteiger charge is 2.36. The van der Waals surface area contributed by atoms with Gasteiger partial charge in [0.1, 0.15) is 18.1 Å². The van der Waals surface area contributed by atoms with Crippen LogP contribution in [0.1, 0.15) is 82.1 Å². The third kappa shape index (κ3) is 7.63. The molecule has 0 radical (unpaired) electrons. The number of hydrogen-bond donors (Lipinski definition) is 2. The van der Waals surface area contributed by atoms with Crippen LogP contribution in [-0.4, -0.2) is 103 Å². The number of carbonyl (C=O) groups excluding carboxylic acids is 2. The van der Waals surface area contributed by atoms with E-state index in [4.69, 9.17) is 4.74 Å². The molecule has 9 rings (SSSR count). The topological polar surface area (TPSA) is 88.6 Å². The minimum Gasteiger partial charge on any atom is -0.508 e. The van der Waals surface area contributed by atoms with Gasteiger partial charge in [0.15, 0.2) is 0 Å². The molecule has 9 heteroatoms. The summed E-state index contributed by atoms with van der Waals surface area (Å²) in [6.45, 7) is 9.07. The van der Waals surface area contributed by atoms with E-state index in [1.54, 1.807) is 0 Å². The summed E-state index contributed by atoms with van der Waals surface area (Å²) in [6, 6.07) is 31.9. The lowest BCUT2D eigenvalue weighted by Crippen LogP contribution is -2.52. The largest absolute Gasteiger partial charge is 0.508 e. The Bertz CT molecular complexity index is 2000. The van der Waals surface area contributed by atoms with Crippen LogP contribution in [0, 0.1) is 5.92 Å². The van der Waals surface area contributed by atoms with E-state index in [2.05, 4.69) is 97.7 Å². The average Bonchev–Trinajstić information content (AvgIpc) is 3.59. The maximum Gasteiger partial charge on any atom is 0.254 e. The van der Waals surface area contributed by atoms with Crippen LogP contribution in [0.25, 0.3) is 0 Å². The summed E-state index contributed by atoms with van der Waals surface area (Å²) in [7, 11) is 0. The zero-order valence-corrected chi connectivity index (χ0v) is 32.5. The van der Waals surface area contributed by atoms with E-state index >= 15 is 0 Å². The van der Waals surface area contributed by atoms with E-state index < -0.39 is 0 Å². The monoisotopic (exact) mass is 753 g/mol. The fourth-order valence-corrected chi connectivity index (χ4v) is 10.1. The molecule has 1 unspecified atom stereocenters. The molecule has 4 aromatic carbocycles. The first kappa shape index (κ1) is 36.8. The molecule has 292 valence electrons. The van der Waals surface area contributed by atoms with E-state index in [1.165, 1.54) is 27.9 Å². The van der Waals surface area contributed by atoms with E-state index in [0.29, 0.717) is 30.7 Å². The first-order chi connectivity index (χ1) is 27.5. The van der Waals surface area contributed by atoms with Gasteiger partial charge in [-0.25, -0.2) is 0 Å².